The van der Waals surface area contributed by atoms with Crippen LogP contribution in [0, 0.1) is 0 Å². The molecule has 1 saturated heterocycles. The van der Waals surface area contributed by atoms with Gasteiger partial charge in [0.1, 0.15) is 12.2 Å². The van der Waals surface area contributed by atoms with Gasteiger partial charge in [-0.3, -0.25) is 0 Å². The Morgan fingerprint density at radius 1 is 1.20 bits per heavy atom. The molecule has 3 nitrogen and oxygen atoms in total. The van der Waals surface area contributed by atoms with Crippen molar-refractivity contribution >= 4 is 6.16 Å². The van der Waals surface area contributed by atoms with Crippen molar-refractivity contribution in [2.45, 2.75) is 38.9 Å². The minimum atomic E-state index is -0.515. The zero-order chi connectivity index (χ0) is 7.56. The highest BCUT2D eigenvalue weighted by molar-refractivity contribution is 5.62. The fourth-order valence-electron chi connectivity index (χ4n) is 1.12. The van der Waals surface area contributed by atoms with Crippen LogP contribution in [0.5, 0.6) is 0 Å². The molecule has 0 unspecified atom stereocenters. The van der Waals surface area contributed by atoms with Gasteiger partial charge in [0.25, 0.3) is 0 Å². The number of hydrogen-bond donors (Lipinski definition) is 0. The van der Waals surface area contributed by atoms with Crippen LogP contribution in [0.1, 0.15) is 26.7 Å². The fourth-order valence-corrected chi connectivity index (χ4v) is 1.12. The predicted molar refractivity (Wildman–Crippen MR) is 35.7 cm³/mol. The van der Waals surface area contributed by atoms with Crippen LogP contribution in [0.25, 0.3) is 0 Å². The molecule has 1 rings (SSSR count). The fraction of sp³-hybridized carbons (Fsp3) is 0.857. The number of hydrogen-bond acceptors (Lipinski definition) is 3. The summed E-state index contributed by atoms with van der Waals surface area (Å²) >= 11 is 0. The zero-order valence-electron chi connectivity index (χ0n) is 6.29. The van der Waals surface area contributed by atoms with Crippen molar-refractivity contribution in [2.24, 2.45) is 0 Å². The van der Waals surface area contributed by atoms with Crippen LogP contribution in [0.4, 0.5) is 4.79 Å². The Labute approximate surface area is 60.3 Å². The molecule has 0 saturated carbocycles. The van der Waals surface area contributed by atoms with Crippen molar-refractivity contribution in [1.82, 2.24) is 0 Å². The molecule has 3 heteroatoms. The van der Waals surface area contributed by atoms with Gasteiger partial charge in [-0.1, -0.05) is 13.8 Å². The largest absolute Gasteiger partial charge is 0.509 e. The molecule has 0 aromatic rings. The monoisotopic (exact) mass is 144 g/mol. The average Bonchev–Trinajstić information content (AvgIpc) is 2.30. The third-order valence-corrected chi connectivity index (χ3v) is 1.71. The minimum Gasteiger partial charge on any atom is -0.427 e. The predicted octanol–water partition coefficient (Wildman–Crippen LogP) is 1.71. The van der Waals surface area contributed by atoms with Crippen molar-refractivity contribution in [3.8, 4) is 0 Å². The smallest absolute Gasteiger partial charge is 0.427 e. The van der Waals surface area contributed by atoms with Gasteiger partial charge in [-0.05, 0) is 12.8 Å². The van der Waals surface area contributed by atoms with Crippen LogP contribution in [0.2, 0.25) is 0 Å². The SMILES string of the molecule is CC[C@@H]1OC(=O)O[C@H]1CC. The summed E-state index contributed by atoms with van der Waals surface area (Å²) in [6.45, 7) is 3.96. The van der Waals surface area contributed by atoms with E-state index in [1.165, 1.54) is 0 Å². The van der Waals surface area contributed by atoms with Crippen molar-refractivity contribution in [1.29, 1.82) is 0 Å². The molecule has 1 aliphatic rings. The normalized spacial score (nSPS) is 31.6. The van der Waals surface area contributed by atoms with Gasteiger partial charge < -0.3 is 9.47 Å². The van der Waals surface area contributed by atoms with E-state index in [9.17, 15) is 4.79 Å². The lowest BCUT2D eigenvalue weighted by atomic mass is 10.1. The van der Waals surface area contributed by atoms with Crippen molar-refractivity contribution in [3.05, 3.63) is 0 Å². The first-order valence-electron chi connectivity index (χ1n) is 3.65. The van der Waals surface area contributed by atoms with Gasteiger partial charge in [0.15, 0.2) is 0 Å². The molecule has 0 aromatic carbocycles. The summed E-state index contributed by atoms with van der Waals surface area (Å²) in [5.41, 5.74) is 0. The lowest BCUT2D eigenvalue weighted by molar-refractivity contribution is 0.115. The highest BCUT2D eigenvalue weighted by Gasteiger charge is 2.33. The van der Waals surface area contributed by atoms with E-state index in [0.717, 1.165) is 12.8 Å². The summed E-state index contributed by atoms with van der Waals surface area (Å²) in [5, 5.41) is 0. The Hall–Kier alpha value is -0.730. The lowest BCUT2D eigenvalue weighted by Crippen LogP contribution is -2.20. The number of carbonyl (C=O) groups is 1. The Kier molecular flexibility index (Phi) is 2.14. The van der Waals surface area contributed by atoms with E-state index < -0.39 is 6.16 Å². The van der Waals surface area contributed by atoms with Crippen molar-refractivity contribution in [2.75, 3.05) is 0 Å². The highest BCUT2D eigenvalue weighted by atomic mass is 16.8. The molecule has 0 bridgehead atoms. The van der Waals surface area contributed by atoms with E-state index in [4.69, 9.17) is 9.47 Å². The first-order chi connectivity index (χ1) is 4.77. The third kappa shape index (κ3) is 1.23. The van der Waals surface area contributed by atoms with Crippen LogP contribution < -0.4 is 0 Å². The van der Waals surface area contributed by atoms with Gasteiger partial charge in [0.2, 0.25) is 0 Å². The zero-order valence-corrected chi connectivity index (χ0v) is 6.29. The van der Waals surface area contributed by atoms with Gasteiger partial charge >= 0.3 is 6.16 Å². The van der Waals surface area contributed by atoms with Crippen LogP contribution >= 0.6 is 0 Å². The molecule has 0 spiro atoms. The summed E-state index contributed by atoms with van der Waals surface area (Å²) in [4.78, 5) is 10.5. The molecule has 0 amide bonds. The molecule has 1 aliphatic heterocycles. The van der Waals surface area contributed by atoms with Gasteiger partial charge in [-0.15, -0.1) is 0 Å². The molecule has 0 N–H and O–H groups in total. The van der Waals surface area contributed by atoms with Crippen molar-refractivity contribution in [3.63, 3.8) is 0 Å². The quantitative estimate of drug-likeness (QED) is 0.553. The standard InChI is InChI=1S/C7H12O3/c1-3-5-6(4-2)10-7(8)9-5/h5-6H,3-4H2,1-2H3/t5-,6-/m0/s1. The second kappa shape index (κ2) is 2.90. The summed E-state index contributed by atoms with van der Waals surface area (Å²) in [6, 6.07) is 0. The lowest BCUT2D eigenvalue weighted by Gasteiger charge is -2.09. The number of cyclic esters (lactones) is 2. The van der Waals surface area contributed by atoms with E-state index in [1.54, 1.807) is 0 Å². The maximum Gasteiger partial charge on any atom is 0.509 e. The van der Waals surface area contributed by atoms with Crippen LogP contribution in [-0.4, -0.2) is 18.4 Å². The first-order valence-corrected chi connectivity index (χ1v) is 3.65. The molecule has 58 valence electrons. The molecule has 0 radical (unpaired) electrons. The van der Waals surface area contributed by atoms with Crippen LogP contribution in [-0.2, 0) is 9.47 Å². The molecule has 10 heavy (non-hydrogen) atoms. The van der Waals surface area contributed by atoms with Gasteiger partial charge in [0, 0.05) is 0 Å². The van der Waals surface area contributed by atoms with E-state index in [1.807, 2.05) is 13.8 Å². The number of ether oxygens (including phenoxy) is 2. The summed E-state index contributed by atoms with van der Waals surface area (Å²) < 4.78 is 9.71. The van der Waals surface area contributed by atoms with Gasteiger partial charge in [0.05, 0.1) is 0 Å². The summed E-state index contributed by atoms with van der Waals surface area (Å²) in [5.74, 6) is 0. The number of carbonyl (C=O) groups excluding carboxylic acids is 1. The third-order valence-electron chi connectivity index (χ3n) is 1.71. The van der Waals surface area contributed by atoms with Gasteiger partial charge in [-0.2, -0.15) is 0 Å². The van der Waals surface area contributed by atoms with Crippen molar-refractivity contribution < 1.29 is 14.3 Å². The van der Waals surface area contributed by atoms with Crippen LogP contribution in [0.3, 0.4) is 0 Å². The van der Waals surface area contributed by atoms with E-state index >= 15 is 0 Å². The maximum atomic E-state index is 10.5. The second-order valence-electron chi connectivity index (χ2n) is 2.38. The molecular formula is C7H12O3. The Balaban J connectivity index is 2.48. The van der Waals surface area contributed by atoms with E-state index in [0.29, 0.717) is 0 Å². The van der Waals surface area contributed by atoms with Crippen LogP contribution in [0.15, 0.2) is 0 Å². The first kappa shape index (κ1) is 7.38. The highest BCUT2D eigenvalue weighted by Crippen LogP contribution is 2.19. The minimum absolute atomic E-state index is 0.0162. The van der Waals surface area contributed by atoms with E-state index in [-0.39, 0.29) is 12.2 Å². The topological polar surface area (TPSA) is 35.5 Å². The molecule has 1 fully saturated rings. The molecule has 0 aliphatic carbocycles. The molecular weight excluding hydrogens is 132 g/mol. The Morgan fingerprint density at radius 3 is 1.90 bits per heavy atom. The Morgan fingerprint density at radius 2 is 1.60 bits per heavy atom. The molecule has 2 atom stereocenters. The molecule has 1 heterocycles. The summed E-state index contributed by atoms with van der Waals surface area (Å²) in [6.07, 6.45) is 1.13. The maximum absolute atomic E-state index is 10.5. The Bertz CT molecular complexity index is 119. The van der Waals surface area contributed by atoms with E-state index in [2.05, 4.69) is 0 Å². The second-order valence-corrected chi connectivity index (χ2v) is 2.38. The molecule has 0 aromatic heterocycles. The van der Waals surface area contributed by atoms with Gasteiger partial charge in [-0.25, -0.2) is 4.79 Å². The number of rotatable bonds is 2. The average molecular weight is 144 g/mol. The summed E-state index contributed by atoms with van der Waals surface area (Å²) in [7, 11) is 0.